The number of hydrogen-bond donors (Lipinski definition) is 1. The lowest BCUT2D eigenvalue weighted by molar-refractivity contribution is 0.240. The lowest BCUT2D eigenvalue weighted by atomic mass is 9.82. The van der Waals surface area contributed by atoms with Crippen LogP contribution in [0.5, 0.6) is 0 Å². The van der Waals surface area contributed by atoms with Gasteiger partial charge in [0.1, 0.15) is 0 Å². The van der Waals surface area contributed by atoms with E-state index >= 15 is 0 Å². The van der Waals surface area contributed by atoms with Gasteiger partial charge in [-0.15, -0.1) is 0 Å². The Hall–Kier alpha value is -0.960. The lowest BCUT2D eigenvalue weighted by Crippen LogP contribution is -2.26. The fourth-order valence-corrected chi connectivity index (χ4v) is 2.66. The van der Waals surface area contributed by atoms with Crippen LogP contribution in [0.1, 0.15) is 20.8 Å². The van der Waals surface area contributed by atoms with Crippen molar-refractivity contribution in [2.45, 2.75) is 27.3 Å². The summed E-state index contributed by atoms with van der Waals surface area (Å²) in [6, 6.07) is 8.27. The van der Waals surface area contributed by atoms with Gasteiger partial charge in [0.2, 0.25) is 0 Å². The molecule has 0 aliphatic rings. The third-order valence-electron chi connectivity index (χ3n) is 3.39. The van der Waals surface area contributed by atoms with Crippen LogP contribution in [0.4, 0.5) is 0 Å². The first-order valence-corrected chi connectivity index (χ1v) is 6.66. The summed E-state index contributed by atoms with van der Waals surface area (Å²) in [7, 11) is 0. The van der Waals surface area contributed by atoms with E-state index in [9.17, 15) is 0 Å². The van der Waals surface area contributed by atoms with Crippen molar-refractivity contribution < 1.29 is 0 Å². The van der Waals surface area contributed by atoms with E-state index in [4.69, 9.17) is 0 Å². The summed E-state index contributed by atoms with van der Waals surface area (Å²) >= 11 is 4.48. The van der Waals surface area contributed by atoms with Crippen LogP contribution in [-0.4, -0.2) is 15.3 Å². The van der Waals surface area contributed by atoms with Crippen LogP contribution in [-0.2, 0) is 6.54 Å². The molecule has 0 aliphatic heterocycles. The summed E-state index contributed by atoms with van der Waals surface area (Å²) in [6.07, 6.45) is 1.94. The Balaban J connectivity index is 2.29. The Morgan fingerprint density at radius 3 is 2.65 bits per heavy atom. The molecule has 17 heavy (non-hydrogen) atoms. The first-order valence-electron chi connectivity index (χ1n) is 6.03. The molecule has 2 aromatic rings. The van der Waals surface area contributed by atoms with E-state index in [0.29, 0.717) is 5.92 Å². The number of hydrogen-bond acceptors (Lipinski definition) is 2. The van der Waals surface area contributed by atoms with Gasteiger partial charge in [-0.05, 0) is 29.2 Å². The molecule has 1 aromatic carbocycles. The zero-order valence-electron chi connectivity index (χ0n) is 10.7. The molecule has 0 saturated heterocycles. The predicted octanol–water partition coefficient (Wildman–Crippen LogP) is 3.63. The molecular formula is C14H20N2S. The maximum atomic E-state index is 4.48. The van der Waals surface area contributed by atoms with Crippen molar-refractivity contribution in [1.29, 1.82) is 0 Å². The molecular weight excluding hydrogens is 228 g/mol. The Morgan fingerprint density at radius 1 is 1.29 bits per heavy atom. The quantitative estimate of drug-likeness (QED) is 0.821. The van der Waals surface area contributed by atoms with Gasteiger partial charge in [-0.1, -0.05) is 32.9 Å². The fraction of sp³-hybridized carbons (Fsp3) is 0.500. The van der Waals surface area contributed by atoms with Crippen LogP contribution < -0.4 is 0 Å². The van der Waals surface area contributed by atoms with E-state index in [1.165, 1.54) is 5.52 Å². The topological polar surface area (TPSA) is 17.8 Å². The molecule has 0 spiro atoms. The Labute approximate surface area is 108 Å². The number of para-hydroxylation sites is 2. The smallest absolute Gasteiger partial charge is 0.0958 e. The number of aromatic nitrogens is 2. The highest BCUT2D eigenvalue weighted by Crippen LogP contribution is 2.29. The number of thiol groups is 1. The Bertz CT molecular complexity index is 496. The third kappa shape index (κ3) is 2.65. The molecule has 2 rings (SSSR count). The summed E-state index contributed by atoms with van der Waals surface area (Å²) in [5.41, 5.74) is 2.55. The van der Waals surface area contributed by atoms with Crippen molar-refractivity contribution in [2.75, 3.05) is 5.75 Å². The van der Waals surface area contributed by atoms with Crippen LogP contribution in [0.15, 0.2) is 30.6 Å². The van der Waals surface area contributed by atoms with Crippen LogP contribution in [0.25, 0.3) is 11.0 Å². The van der Waals surface area contributed by atoms with Crippen LogP contribution >= 0.6 is 12.6 Å². The monoisotopic (exact) mass is 248 g/mol. The van der Waals surface area contributed by atoms with Crippen molar-refractivity contribution in [3.63, 3.8) is 0 Å². The van der Waals surface area contributed by atoms with E-state index in [2.05, 4.69) is 61.2 Å². The first kappa shape index (κ1) is 12.5. The SMILES string of the molecule is CC(C)(C)C(CS)Cn1cnc2ccccc21. The molecule has 3 heteroatoms. The molecule has 0 N–H and O–H groups in total. The average molecular weight is 248 g/mol. The number of fused-ring (bicyclic) bond motifs is 1. The zero-order chi connectivity index (χ0) is 12.5. The van der Waals surface area contributed by atoms with Crippen molar-refractivity contribution in [3.8, 4) is 0 Å². The molecule has 1 heterocycles. The van der Waals surface area contributed by atoms with Gasteiger partial charge in [0.15, 0.2) is 0 Å². The molecule has 0 aliphatic carbocycles. The highest BCUT2D eigenvalue weighted by molar-refractivity contribution is 7.80. The maximum Gasteiger partial charge on any atom is 0.0958 e. The number of rotatable bonds is 3. The maximum absolute atomic E-state index is 4.48. The molecule has 0 radical (unpaired) electrons. The second-order valence-corrected chi connectivity index (χ2v) is 6.00. The van der Waals surface area contributed by atoms with Crippen LogP contribution in [0.3, 0.4) is 0 Å². The molecule has 92 valence electrons. The number of nitrogens with zero attached hydrogens (tertiary/aromatic N) is 2. The first-order chi connectivity index (χ1) is 8.02. The van der Waals surface area contributed by atoms with E-state index in [1.54, 1.807) is 0 Å². The highest BCUT2D eigenvalue weighted by Gasteiger charge is 2.24. The van der Waals surface area contributed by atoms with Gasteiger partial charge in [0.25, 0.3) is 0 Å². The standard InChI is InChI=1S/C14H20N2S/c1-14(2,3)11(9-17)8-16-10-15-12-6-4-5-7-13(12)16/h4-7,10-11,17H,8-9H2,1-3H3. The highest BCUT2D eigenvalue weighted by atomic mass is 32.1. The van der Waals surface area contributed by atoms with Crippen molar-refractivity contribution >= 4 is 23.7 Å². The summed E-state index contributed by atoms with van der Waals surface area (Å²) < 4.78 is 2.24. The minimum absolute atomic E-state index is 0.271. The van der Waals surface area contributed by atoms with Gasteiger partial charge < -0.3 is 4.57 Å². The van der Waals surface area contributed by atoms with Gasteiger partial charge >= 0.3 is 0 Å². The molecule has 0 fully saturated rings. The largest absolute Gasteiger partial charge is 0.330 e. The number of imidazole rings is 1. The lowest BCUT2D eigenvalue weighted by Gasteiger charge is -2.29. The number of benzene rings is 1. The molecule has 2 nitrogen and oxygen atoms in total. The fourth-order valence-electron chi connectivity index (χ4n) is 2.00. The molecule has 1 aromatic heterocycles. The summed E-state index contributed by atoms with van der Waals surface area (Å²) in [6.45, 7) is 7.79. The van der Waals surface area contributed by atoms with Crippen LogP contribution in [0, 0.1) is 11.3 Å². The van der Waals surface area contributed by atoms with Gasteiger partial charge in [-0.2, -0.15) is 12.6 Å². The van der Waals surface area contributed by atoms with Gasteiger partial charge in [-0.3, -0.25) is 0 Å². The van der Waals surface area contributed by atoms with Gasteiger partial charge in [-0.25, -0.2) is 4.98 Å². The molecule has 1 unspecified atom stereocenters. The Morgan fingerprint density at radius 2 is 2.00 bits per heavy atom. The minimum atomic E-state index is 0.271. The third-order valence-corrected chi connectivity index (χ3v) is 3.83. The van der Waals surface area contributed by atoms with Crippen molar-refractivity contribution in [2.24, 2.45) is 11.3 Å². The minimum Gasteiger partial charge on any atom is -0.330 e. The second kappa shape index (κ2) is 4.73. The van der Waals surface area contributed by atoms with E-state index in [0.717, 1.165) is 17.8 Å². The summed E-state index contributed by atoms with van der Waals surface area (Å²) in [5.74, 6) is 1.44. The normalized spacial score (nSPS) is 14.1. The average Bonchev–Trinajstić information content (AvgIpc) is 2.67. The predicted molar refractivity (Wildman–Crippen MR) is 76.5 cm³/mol. The van der Waals surface area contributed by atoms with Gasteiger partial charge in [0, 0.05) is 6.54 Å². The molecule has 1 atom stereocenters. The van der Waals surface area contributed by atoms with E-state index in [-0.39, 0.29) is 5.41 Å². The molecule has 0 amide bonds. The zero-order valence-corrected chi connectivity index (χ0v) is 11.6. The summed E-state index contributed by atoms with van der Waals surface area (Å²) in [4.78, 5) is 4.43. The molecule has 0 saturated carbocycles. The van der Waals surface area contributed by atoms with E-state index in [1.807, 2.05) is 12.4 Å². The second-order valence-electron chi connectivity index (χ2n) is 5.63. The Kier molecular flexibility index (Phi) is 3.48. The van der Waals surface area contributed by atoms with E-state index < -0.39 is 0 Å². The van der Waals surface area contributed by atoms with Crippen molar-refractivity contribution in [1.82, 2.24) is 9.55 Å². The summed E-state index contributed by atoms with van der Waals surface area (Å²) in [5, 5.41) is 0. The van der Waals surface area contributed by atoms with Gasteiger partial charge in [0.05, 0.1) is 17.4 Å². The molecule has 0 bridgehead atoms. The van der Waals surface area contributed by atoms with Crippen LogP contribution in [0.2, 0.25) is 0 Å². The van der Waals surface area contributed by atoms with Crippen molar-refractivity contribution in [3.05, 3.63) is 30.6 Å².